The van der Waals surface area contributed by atoms with Crippen molar-refractivity contribution < 1.29 is 14.3 Å². The van der Waals surface area contributed by atoms with Crippen molar-refractivity contribution in [2.75, 3.05) is 18.2 Å². The van der Waals surface area contributed by atoms with Crippen molar-refractivity contribution >= 4 is 40.1 Å². The molecule has 0 unspecified atom stereocenters. The van der Waals surface area contributed by atoms with Crippen molar-refractivity contribution in [3.05, 3.63) is 32.7 Å². The van der Waals surface area contributed by atoms with Gasteiger partial charge in [-0.05, 0) is 26.0 Å². The van der Waals surface area contributed by atoms with Gasteiger partial charge in [-0.3, -0.25) is 14.2 Å². The number of anilines is 1. The van der Waals surface area contributed by atoms with E-state index >= 15 is 0 Å². The molecule has 0 spiro atoms. The van der Waals surface area contributed by atoms with Crippen LogP contribution in [0.15, 0.2) is 16.0 Å². The van der Waals surface area contributed by atoms with E-state index in [1.54, 1.807) is 20.1 Å². The number of aromatic nitrogens is 3. The minimum atomic E-state index is -0.456. The Labute approximate surface area is 165 Å². The van der Waals surface area contributed by atoms with Crippen LogP contribution >= 0.6 is 23.1 Å². The predicted molar refractivity (Wildman–Crippen MR) is 106 cm³/mol. The Morgan fingerprint density at radius 3 is 2.67 bits per heavy atom. The number of nitrogens with one attached hydrogen (secondary N) is 1. The van der Waals surface area contributed by atoms with Crippen molar-refractivity contribution in [1.82, 2.24) is 14.5 Å². The van der Waals surface area contributed by atoms with Crippen molar-refractivity contribution in [2.24, 2.45) is 5.92 Å². The molecule has 1 N–H and O–H groups in total. The first kappa shape index (κ1) is 21.1. The van der Waals surface area contributed by atoms with Gasteiger partial charge in [-0.1, -0.05) is 36.9 Å². The molecule has 0 aliphatic rings. The highest BCUT2D eigenvalue weighted by atomic mass is 32.2. The predicted octanol–water partition coefficient (Wildman–Crippen LogP) is 2.49. The largest absolute Gasteiger partial charge is 0.461 e. The summed E-state index contributed by atoms with van der Waals surface area (Å²) < 4.78 is 6.50. The van der Waals surface area contributed by atoms with Gasteiger partial charge in [0.05, 0.1) is 12.3 Å². The van der Waals surface area contributed by atoms with Gasteiger partial charge in [0.2, 0.25) is 5.91 Å². The zero-order valence-electron chi connectivity index (χ0n) is 15.9. The fraction of sp³-hybridized carbons (Fsp3) is 0.471. The number of carbonyl (C=O) groups is 2. The lowest BCUT2D eigenvalue weighted by molar-refractivity contribution is -0.116. The number of esters is 1. The molecule has 146 valence electrons. The molecule has 0 bridgehead atoms. The standard InChI is InChI=1S/C17H22N4O4S2/c1-9(2)8-25-15(24)14-11(4)19-16(27-14)20-12(22)7-21-13(23)6-10(3)18-17(21)26-5/h6,9H,7-8H2,1-5H3,(H,19,20,22). The molecule has 0 aromatic carbocycles. The summed E-state index contributed by atoms with van der Waals surface area (Å²) in [5.41, 5.74) is 0.791. The normalized spacial score (nSPS) is 10.9. The summed E-state index contributed by atoms with van der Waals surface area (Å²) in [6, 6.07) is 1.38. The fourth-order valence-corrected chi connectivity index (χ4v) is 3.63. The van der Waals surface area contributed by atoms with E-state index in [0.29, 0.717) is 28.0 Å². The maximum Gasteiger partial charge on any atom is 0.350 e. The zero-order chi connectivity index (χ0) is 20.1. The minimum Gasteiger partial charge on any atom is -0.461 e. The van der Waals surface area contributed by atoms with Crippen LogP contribution < -0.4 is 10.9 Å². The number of hydrogen-bond donors (Lipinski definition) is 1. The highest BCUT2D eigenvalue weighted by molar-refractivity contribution is 7.98. The lowest BCUT2D eigenvalue weighted by Gasteiger charge is -2.10. The van der Waals surface area contributed by atoms with Gasteiger partial charge in [0.1, 0.15) is 11.4 Å². The molecule has 2 aromatic rings. The molecule has 8 nitrogen and oxygen atoms in total. The minimum absolute atomic E-state index is 0.186. The Kier molecular flexibility index (Phi) is 7.14. The van der Waals surface area contributed by atoms with E-state index in [1.165, 1.54) is 22.4 Å². The third-order valence-corrected chi connectivity index (χ3v) is 5.09. The molecule has 0 aliphatic heterocycles. The first-order valence-electron chi connectivity index (χ1n) is 8.28. The van der Waals surface area contributed by atoms with Gasteiger partial charge in [0.25, 0.3) is 5.56 Å². The summed E-state index contributed by atoms with van der Waals surface area (Å²) in [6.07, 6.45) is 1.79. The van der Waals surface area contributed by atoms with Gasteiger partial charge in [-0.15, -0.1) is 0 Å². The second-order valence-corrected chi connectivity index (χ2v) is 8.06. The summed E-state index contributed by atoms with van der Waals surface area (Å²) >= 11 is 2.34. The number of ether oxygens (including phenoxy) is 1. The molecule has 0 aliphatic carbocycles. The summed E-state index contributed by atoms with van der Waals surface area (Å²) in [5.74, 6) is -0.648. The zero-order valence-corrected chi connectivity index (χ0v) is 17.5. The molecular formula is C17H22N4O4S2. The Hall–Kier alpha value is -2.20. The molecular weight excluding hydrogens is 388 g/mol. The molecule has 0 saturated carbocycles. The first-order valence-corrected chi connectivity index (χ1v) is 10.3. The van der Waals surface area contributed by atoms with E-state index in [-0.39, 0.29) is 23.2 Å². The molecule has 0 atom stereocenters. The Bertz CT molecular complexity index is 905. The van der Waals surface area contributed by atoms with E-state index in [1.807, 2.05) is 13.8 Å². The molecule has 1 amide bonds. The Morgan fingerprint density at radius 2 is 2.04 bits per heavy atom. The quantitative estimate of drug-likeness (QED) is 0.425. The molecule has 0 saturated heterocycles. The average Bonchev–Trinajstić information content (AvgIpc) is 2.95. The molecule has 0 fully saturated rings. The number of thiazole rings is 1. The number of rotatable bonds is 7. The van der Waals surface area contributed by atoms with Crippen LogP contribution in [-0.4, -0.2) is 39.3 Å². The lowest BCUT2D eigenvalue weighted by Crippen LogP contribution is -2.29. The lowest BCUT2D eigenvalue weighted by atomic mass is 10.2. The van der Waals surface area contributed by atoms with Gasteiger partial charge in [-0.2, -0.15) is 0 Å². The van der Waals surface area contributed by atoms with Crippen molar-refractivity contribution in [3.8, 4) is 0 Å². The van der Waals surface area contributed by atoms with Crippen LogP contribution in [0.4, 0.5) is 5.13 Å². The molecule has 2 aromatic heterocycles. The molecule has 27 heavy (non-hydrogen) atoms. The summed E-state index contributed by atoms with van der Waals surface area (Å²) in [6.45, 7) is 7.43. The van der Waals surface area contributed by atoms with Crippen LogP contribution in [0.25, 0.3) is 0 Å². The summed E-state index contributed by atoms with van der Waals surface area (Å²) in [5, 5.41) is 3.37. The van der Waals surface area contributed by atoms with Crippen molar-refractivity contribution in [1.29, 1.82) is 0 Å². The van der Waals surface area contributed by atoms with Crippen LogP contribution in [0.5, 0.6) is 0 Å². The summed E-state index contributed by atoms with van der Waals surface area (Å²) in [7, 11) is 0. The topological polar surface area (TPSA) is 103 Å². The maximum absolute atomic E-state index is 12.3. The van der Waals surface area contributed by atoms with E-state index < -0.39 is 11.9 Å². The Balaban J connectivity index is 2.10. The van der Waals surface area contributed by atoms with Gasteiger partial charge in [0.15, 0.2) is 10.3 Å². The number of aryl methyl sites for hydroxylation is 2. The smallest absolute Gasteiger partial charge is 0.350 e. The van der Waals surface area contributed by atoms with Gasteiger partial charge >= 0.3 is 5.97 Å². The van der Waals surface area contributed by atoms with Crippen LogP contribution in [0.1, 0.15) is 34.9 Å². The highest BCUT2D eigenvalue weighted by Crippen LogP contribution is 2.23. The Morgan fingerprint density at radius 1 is 1.33 bits per heavy atom. The van der Waals surface area contributed by atoms with Gasteiger partial charge < -0.3 is 10.1 Å². The average molecular weight is 411 g/mol. The molecule has 2 rings (SSSR count). The summed E-state index contributed by atoms with van der Waals surface area (Å²) in [4.78, 5) is 45.4. The second-order valence-electron chi connectivity index (χ2n) is 6.28. The third-order valence-electron chi connectivity index (χ3n) is 3.36. The van der Waals surface area contributed by atoms with Crippen LogP contribution in [-0.2, 0) is 16.1 Å². The van der Waals surface area contributed by atoms with Crippen LogP contribution in [0, 0.1) is 19.8 Å². The number of carbonyl (C=O) groups excluding carboxylic acids is 2. The molecule has 2 heterocycles. The number of thioether (sulfide) groups is 1. The SMILES string of the molecule is CSc1nc(C)cc(=O)n1CC(=O)Nc1nc(C)c(C(=O)OCC(C)C)s1. The second kappa shape index (κ2) is 9.14. The van der Waals surface area contributed by atoms with E-state index in [9.17, 15) is 14.4 Å². The monoisotopic (exact) mass is 410 g/mol. The van der Waals surface area contributed by atoms with Gasteiger partial charge in [0, 0.05) is 11.8 Å². The highest BCUT2D eigenvalue weighted by Gasteiger charge is 2.19. The number of nitrogens with zero attached hydrogens (tertiary/aromatic N) is 3. The molecule has 0 radical (unpaired) electrons. The van der Waals surface area contributed by atoms with Crippen molar-refractivity contribution in [2.45, 2.75) is 39.4 Å². The van der Waals surface area contributed by atoms with E-state index in [0.717, 1.165) is 11.3 Å². The number of hydrogen-bond acceptors (Lipinski definition) is 8. The van der Waals surface area contributed by atoms with Crippen LogP contribution in [0.2, 0.25) is 0 Å². The van der Waals surface area contributed by atoms with E-state index in [2.05, 4.69) is 15.3 Å². The third kappa shape index (κ3) is 5.64. The van der Waals surface area contributed by atoms with Crippen molar-refractivity contribution in [3.63, 3.8) is 0 Å². The number of amides is 1. The van der Waals surface area contributed by atoms with Gasteiger partial charge in [-0.25, -0.2) is 14.8 Å². The molecule has 10 heteroatoms. The van der Waals surface area contributed by atoms with Crippen LogP contribution in [0.3, 0.4) is 0 Å². The van der Waals surface area contributed by atoms with E-state index in [4.69, 9.17) is 4.74 Å². The fourth-order valence-electron chi connectivity index (χ4n) is 2.15. The first-order chi connectivity index (χ1) is 12.7. The maximum atomic E-state index is 12.3.